The maximum atomic E-state index is 11.7. The minimum atomic E-state index is -0.539. The number of amides is 2. The van der Waals surface area contributed by atoms with E-state index in [1.54, 1.807) is 38.3 Å². The van der Waals surface area contributed by atoms with Gasteiger partial charge in [0.05, 0.1) is 13.2 Å². The van der Waals surface area contributed by atoms with Gasteiger partial charge in [0.2, 0.25) is 5.91 Å². The zero-order valence-electron chi connectivity index (χ0n) is 13.1. The second-order valence-electron chi connectivity index (χ2n) is 4.67. The third-order valence-electron chi connectivity index (χ3n) is 2.91. The number of anilines is 2. The molecule has 0 saturated heterocycles. The molecule has 3 N–H and O–H groups in total. The maximum absolute atomic E-state index is 11.7. The Morgan fingerprint density at radius 2 is 1.86 bits per heavy atom. The first kappa shape index (κ1) is 18.1. The molecule has 0 bridgehead atoms. The highest BCUT2D eigenvalue weighted by Gasteiger charge is 2.11. The Hall–Kier alpha value is -1.96. The molecule has 1 rings (SSSR count). The van der Waals surface area contributed by atoms with E-state index in [0.29, 0.717) is 24.5 Å². The van der Waals surface area contributed by atoms with E-state index in [0.717, 1.165) is 0 Å². The van der Waals surface area contributed by atoms with Crippen LogP contribution in [0.15, 0.2) is 24.3 Å². The van der Waals surface area contributed by atoms with Crippen molar-refractivity contribution >= 4 is 23.2 Å². The highest BCUT2D eigenvalue weighted by Crippen LogP contribution is 2.15. The van der Waals surface area contributed by atoms with Crippen LogP contribution in [-0.2, 0) is 19.1 Å². The number of ether oxygens (including phenoxy) is 2. The first-order valence-corrected chi connectivity index (χ1v) is 7.00. The van der Waals surface area contributed by atoms with Crippen LogP contribution in [0, 0.1) is 0 Å². The molecule has 1 aromatic carbocycles. The van der Waals surface area contributed by atoms with Crippen LogP contribution in [0.1, 0.15) is 6.92 Å². The number of hydrogen-bond acceptors (Lipinski definition) is 5. The molecule has 1 unspecified atom stereocenters. The third kappa shape index (κ3) is 6.66. The van der Waals surface area contributed by atoms with Crippen molar-refractivity contribution in [3.63, 3.8) is 0 Å². The number of hydrogen-bond donors (Lipinski definition) is 3. The zero-order chi connectivity index (χ0) is 16.4. The molecule has 122 valence electrons. The average molecular weight is 309 g/mol. The summed E-state index contributed by atoms with van der Waals surface area (Å²) in [5.41, 5.74) is 1.21. The molecule has 0 aliphatic carbocycles. The van der Waals surface area contributed by atoms with Gasteiger partial charge in [-0.05, 0) is 25.1 Å². The molecule has 0 radical (unpaired) electrons. The molecule has 1 aromatic rings. The van der Waals surface area contributed by atoms with Crippen molar-refractivity contribution in [2.24, 2.45) is 0 Å². The fourth-order valence-corrected chi connectivity index (χ4v) is 1.61. The summed E-state index contributed by atoms with van der Waals surface area (Å²) in [5.74, 6) is -0.406. The molecule has 22 heavy (non-hydrogen) atoms. The SMILES string of the molecule is COCCNCC(=O)Nc1cccc(NC(=O)C(C)OC)c1. The van der Waals surface area contributed by atoms with Gasteiger partial charge in [-0.2, -0.15) is 0 Å². The lowest BCUT2D eigenvalue weighted by molar-refractivity contribution is -0.124. The Morgan fingerprint density at radius 1 is 1.18 bits per heavy atom. The molecular formula is C15H23N3O4. The number of carbonyl (C=O) groups is 2. The predicted octanol–water partition coefficient (Wildman–Crippen LogP) is 0.834. The third-order valence-corrected chi connectivity index (χ3v) is 2.91. The first-order valence-electron chi connectivity index (χ1n) is 7.00. The maximum Gasteiger partial charge on any atom is 0.253 e. The molecular weight excluding hydrogens is 286 g/mol. The minimum absolute atomic E-state index is 0.162. The van der Waals surface area contributed by atoms with E-state index in [1.165, 1.54) is 7.11 Å². The zero-order valence-corrected chi connectivity index (χ0v) is 13.1. The fraction of sp³-hybridized carbons (Fsp3) is 0.467. The van der Waals surface area contributed by atoms with E-state index in [4.69, 9.17) is 9.47 Å². The molecule has 0 fully saturated rings. The van der Waals surface area contributed by atoms with Gasteiger partial charge < -0.3 is 25.4 Å². The van der Waals surface area contributed by atoms with Gasteiger partial charge in [-0.15, -0.1) is 0 Å². The lowest BCUT2D eigenvalue weighted by atomic mass is 10.2. The Labute approximate surface area is 130 Å². The van der Waals surface area contributed by atoms with E-state index < -0.39 is 6.10 Å². The summed E-state index contributed by atoms with van der Waals surface area (Å²) < 4.78 is 9.82. The van der Waals surface area contributed by atoms with Gasteiger partial charge in [0.25, 0.3) is 5.91 Å². The van der Waals surface area contributed by atoms with Crippen LogP contribution in [-0.4, -0.2) is 51.8 Å². The van der Waals surface area contributed by atoms with Crippen molar-refractivity contribution in [1.29, 1.82) is 0 Å². The van der Waals surface area contributed by atoms with Gasteiger partial charge in [0, 0.05) is 32.1 Å². The molecule has 0 aliphatic rings. The van der Waals surface area contributed by atoms with Crippen molar-refractivity contribution < 1.29 is 19.1 Å². The molecule has 0 saturated carbocycles. The normalized spacial score (nSPS) is 11.8. The molecule has 0 aromatic heterocycles. The van der Waals surface area contributed by atoms with Gasteiger partial charge in [-0.3, -0.25) is 9.59 Å². The molecule has 2 amide bonds. The number of benzene rings is 1. The second-order valence-corrected chi connectivity index (χ2v) is 4.67. The monoisotopic (exact) mass is 309 g/mol. The van der Waals surface area contributed by atoms with Crippen LogP contribution in [0.25, 0.3) is 0 Å². The smallest absolute Gasteiger partial charge is 0.253 e. The van der Waals surface area contributed by atoms with Crippen LogP contribution in [0.5, 0.6) is 0 Å². The van der Waals surface area contributed by atoms with Gasteiger partial charge in [-0.25, -0.2) is 0 Å². The molecule has 0 heterocycles. The summed E-state index contributed by atoms with van der Waals surface area (Å²) in [4.78, 5) is 23.5. The highest BCUT2D eigenvalue weighted by atomic mass is 16.5. The number of rotatable bonds is 9. The average Bonchev–Trinajstić information content (AvgIpc) is 2.51. The Balaban J connectivity index is 2.50. The van der Waals surface area contributed by atoms with Crippen molar-refractivity contribution in [2.75, 3.05) is 44.5 Å². The Morgan fingerprint density at radius 3 is 2.50 bits per heavy atom. The van der Waals surface area contributed by atoms with Gasteiger partial charge in [-0.1, -0.05) is 6.07 Å². The van der Waals surface area contributed by atoms with E-state index in [2.05, 4.69) is 16.0 Å². The van der Waals surface area contributed by atoms with E-state index >= 15 is 0 Å². The number of methoxy groups -OCH3 is 2. The summed E-state index contributed by atoms with van der Waals surface area (Å²) in [7, 11) is 3.07. The predicted molar refractivity (Wildman–Crippen MR) is 84.9 cm³/mol. The van der Waals surface area contributed by atoms with Crippen molar-refractivity contribution in [3.8, 4) is 0 Å². The topological polar surface area (TPSA) is 88.7 Å². The van der Waals surface area contributed by atoms with Crippen molar-refractivity contribution in [2.45, 2.75) is 13.0 Å². The number of nitrogens with one attached hydrogen (secondary N) is 3. The minimum Gasteiger partial charge on any atom is -0.383 e. The van der Waals surface area contributed by atoms with Crippen molar-refractivity contribution in [1.82, 2.24) is 5.32 Å². The Kier molecular flexibility index (Phi) is 8.13. The molecule has 1 atom stereocenters. The lowest BCUT2D eigenvalue weighted by Gasteiger charge is -2.12. The van der Waals surface area contributed by atoms with Crippen LogP contribution < -0.4 is 16.0 Å². The standard InChI is InChI=1S/C15H23N3O4/c1-11(22-3)15(20)18-13-6-4-5-12(9-13)17-14(19)10-16-7-8-21-2/h4-6,9,11,16H,7-8,10H2,1-3H3,(H,17,19)(H,18,20). The highest BCUT2D eigenvalue weighted by molar-refractivity contribution is 5.96. The molecule has 7 nitrogen and oxygen atoms in total. The molecule has 7 heteroatoms. The van der Waals surface area contributed by atoms with E-state index in [9.17, 15) is 9.59 Å². The van der Waals surface area contributed by atoms with E-state index in [-0.39, 0.29) is 18.4 Å². The summed E-state index contributed by atoms with van der Waals surface area (Å²) in [6.45, 7) is 3.01. The Bertz CT molecular complexity index is 493. The van der Waals surface area contributed by atoms with Crippen LogP contribution in [0.4, 0.5) is 11.4 Å². The largest absolute Gasteiger partial charge is 0.383 e. The van der Waals surface area contributed by atoms with Gasteiger partial charge in [0.1, 0.15) is 6.10 Å². The molecule has 0 spiro atoms. The number of carbonyl (C=O) groups excluding carboxylic acids is 2. The quantitative estimate of drug-likeness (QED) is 0.588. The van der Waals surface area contributed by atoms with Gasteiger partial charge in [0.15, 0.2) is 0 Å². The van der Waals surface area contributed by atoms with Gasteiger partial charge >= 0.3 is 0 Å². The van der Waals surface area contributed by atoms with Crippen LogP contribution in [0.3, 0.4) is 0 Å². The fourth-order valence-electron chi connectivity index (χ4n) is 1.61. The summed E-state index contributed by atoms with van der Waals surface area (Å²) in [5, 5.41) is 8.42. The van der Waals surface area contributed by atoms with Crippen LogP contribution >= 0.6 is 0 Å². The lowest BCUT2D eigenvalue weighted by Crippen LogP contribution is -2.30. The second kappa shape index (κ2) is 9.88. The molecule has 0 aliphatic heterocycles. The van der Waals surface area contributed by atoms with Crippen molar-refractivity contribution in [3.05, 3.63) is 24.3 Å². The summed E-state index contributed by atoms with van der Waals surface area (Å²) >= 11 is 0. The van der Waals surface area contributed by atoms with Crippen LogP contribution in [0.2, 0.25) is 0 Å². The van der Waals surface area contributed by atoms with E-state index in [1.807, 2.05) is 0 Å². The summed E-state index contributed by atoms with van der Waals surface area (Å²) in [6, 6.07) is 6.93. The first-order chi connectivity index (χ1) is 10.6. The summed E-state index contributed by atoms with van der Waals surface area (Å²) in [6.07, 6.45) is -0.539.